The van der Waals surface area contributed by atoms with Gasteiger partial charge >= 0.3 is 0 Å². The molecule has 0 spiro atoms. The van der Waals surface area contributed by atoms with Crippen molar-refractivity contribution in [1.82, 2.24) is 0 Å². The molecule has 3 heteroatoms. The summed E-state index contributed by atoms with van der Waals surface area (Å²) in [6.45, 7) is 2.00. The lowest BCUT2D eigenvalue weighted by atomic mass is 10.1. The molecule has 15 heavy (non-hydrogen) atoms. The molecule has 0 aliphatic rings. The van der Waals surface area contributed by atoms with E-state index < -0.39 is 0 Å². The van der Waals surface area contributed by atoms with Crippen LogP contribution in [0.4, 0.5) is 0 Å². The molecule has 0 saturated carbocycles. The van der Waals surface area contributed by atoms with Gasteiger partial charge < -0.3 is 4.74 Å². The van der Waals surface area contributed by atoms with E-state index in [1.165, 1.54) is 0 Å². The summed E-state index contributed by atoms with van der Waals surface area (Å²) in [6, 6.07) is 7.81. The molecule has 0 unspecified atom stereocenters. The van der Waals surface area contributed by atoms with Gasteiger partial charge in [-0.2, -0.15) is 5.26 Å². The summed E-state index contributed by atoms with van der Waals surface area (Å²) in [5.41, 5.74) is 1.48. The Morgan fingerprint density at radius 3 is 2.87 bits per heavy atom. The molecule has 0 aliphatic carbocycles. The molecule has 0 heterocycles. The van der Waals surface area contributed by atoms with Crippen LogP contribution in [0.5, 0.6) is 5.75 Å². The highest BCUT2D eigenvalue weighted by atomic mass is 79.9. The minimum absolute atomic E-state index is 0.649. The number of methoxy groups -OCH3 is 1. The normalized spacial score (nSPS) is 10.9. The first-order valence-electron chi connectivity index (χ1n) is 4.67. The molecular weight excluding hydrogens is 254 g/mol. The van der Waals surface area contributed by atoms with Crippen molar-refractivity contribution in [3.05, 3.63) is 34.3 Å². The first-order valence-corrected chi connectivity index (χ1v) is 5.46. The van der Waals surface area contributed by atoms with Crippen LogP contribution in [0.15, 0.2) is 28.7 Å². The molecule has 0 amide bonds. The van der Waals surface area contributed by atoms with Gasteiger partial charge in [0.15, 0.2) is 0 Å². The second-order valence-corrected chi connectivity index (χ2v) is 3.90. The fourth-order valence-electron chi connectivity index (χ4n) is 1.31. The topological polar surface area (TPSA) is 33.0 Å². The molecule has 0 radical (unpaired) electrons. The highest BCUT2D eigenvalue weighted by molar-refractivity contribution is 9.10. The fraction of sp³-hybridized carbons (Fsp3) is 0.250. The second-order valence-electron chi connectivity index (χ2n) is 2.98. The lowest BCUT2D eigenvalue weighted by Crippen LogP contribution is -1.90. The fourth-order valence-corrected chi connectivity index (χ4v) is 1.67. The number of benzene rings is 1. The second kappa shape index (κ2) is 5.57. The van der Waals surface area contributed by atoms with Crippen LogP contribution in [0.1, 0.15) is 18.9 Å². The predicted octanol–water partition coefficient (Wildman–Crippen LogP) is 3.77. The number of nitriles is 1. The molecule has 0 bridgehead atoms. The van der Waals surface area contributed by atoms with Gasteiger partial charge in [-0.15, -0.1) is 0 Å². The number of nitrogens with zero attached hydrogens (tertiary/aromatic N) is 1. The minimum Gasteiger partial charge on any atom is -0.496 e. The van der Waals surface area contributed by atoms with E-state index in [1.807, 2.05) is 31.2 Å². The van der Waals surface area contributed by atoms with E-state index in [4.69, 9.17) is 10.00 Å². The van der Waals surface area contributed by atoms with Crippen LogP contribution in [-0.4, -0.2) is 7.11 Å². The van der Waals surface area contributed by atoms with E-state index in [1.54, 1.807) is 7.11 Å². The molecule has 1 aromatic rings. The van der Waals surface area contributed by atoms with Crippen molar-refractivity contribution < 1.29 is 4.74 Å². The van der Waals surface area contributed by atoms with Gasteiger partial charge in [0.2, 0.25) is 0 Å². The molecule has 1 aromatic carbocycles. The maximum Gasteiger partial charge on any atom is 0.127 e. The van der Waals surface area contributed by atoms with Crippen molar-refractivity contribution in [3.63, 3.8) is 0 Å². The molecule has 0 fully saturated rings. The van der Waals surface area contributed by atoms with Gasteiger partial charge in [-0.05, 0) is 24.6 Å². The summed E-state index contributed by atoms with van der Waals surface area (Å²) in [7, 11) is 1.60. The first kappa shape index (κ1) is 11.8. The number of halogens is 1. The Kier molecular flexibility index (Phi) is 4.38. The molecule has 0 aliphatic heterocycles. The number of hydrogen-bond acceptors (Lipinski definition) is 2. The van der Waals surface area contributed by atoms with Gasteiger partial charge in [-0.25, -0.2) is 0 Å². The van der Waals surface area contributed by atoms with Crippen LogP contribution in [0, 0.1) is 11.3 Å². The highest BCUT2D eigenvalue weighted by Crippen LogP contribution is 2.29. The van der Waals surface area contributed by atoms with E-state index in [0.29, 0.717) is 5.57 Å². The number of rotatable bonds is 3. The van der Waals surface area contributed by atoms with Crippen LogP contribution in [0.2, 0.25) is 0 Å². The molecule has 78 valence electrons. The van der Waals surface area contributed by atoms with Gasteiger partial charge in [0.25, 0.3) is 0 Å². The molecule has 0 aromatic heterocycles. The Morgan fingerprint density at radius 1 is 1.60 bits per heavy atom. The van der Waals surface area contributed by atoms with Gasteiger partial charge in [0.1, 0.15) is 5.75 Å². The summed E-state index contributed by atoms with van der Waals surface area (Å²) in [5.74, 6) is 0.722. The smallest absolute Gasteiger partial charge is 0.127 e. The van der Waals surface area contributed by atoms with Crippen molar-refractivity contribution in [2.45, 2.75) is 13.3 Å². The van der Waals surface area contributed by atoms with Crippen LogP contribution in [0.25, 0.3) is 5.57 Å². The number of ether oxygens (including phenoxy) is 1. The van der Waals surface area contributed by atoms with Crippen LogP contribution in [-0.2, 0) is 0 Å². The predicted molar refractivity (Wildman–Crippen MR) is 64.6 cm³/mol. The van der Waals surface area contributed by atoms with E-state index in [-0.39, 0.29) is 0 Å². The Balaban J connectivity index is 3.28. The molecule has 2 nitrogen and oxygen atoms in total. The third kappa shape index (κ3) is 2.84. The largest absolute Gasteiger partial charge is 0.496 e. The van der Waals surface area contributed by atoms with Gasteiger partial charge in [0.05, 0.1) is 18.8 Å². The Bertz CT molecular complexity index is 418. The SMILES string of the molecule is CC/C=C(\C#N)c1cc(Br)ccc1OC. The zero-order chi connectivity index (χ0) is 11.3. The Labute approximate surface area is 98.3 Å². The van der Waals surface area contributed by atoms with Crippen molar-refractivity contribution in [2.75, 3.05) is 7.11 Å². The maximum absolute atomic E-state index is 9.03. The van der Waals surface area contributed by atoms with Gasteiger partial charge in [-0.3, -0.25) is 0 Å². The number of hydrogen-bond donors (Lipinski definition) is 0. The first-order chi connectivity index (χ1) is 7.22. The van der Waals surface area contributed by atoms with Crippen molar-refractivity contribution >= 4 is 21.5 Å². The summed E-state index contributed by atoms with van der Waals surface area (Å²) >= 11 is 3.38. The van der Waals surface area contributed by atoms with Crippen LogP contribution < -0.4 is 4.74 Å². The number of allylic oxidation sites excluding steroid dienone is 2. The summed E-state index contributed by atoms with van der Waals surface area (Å²) in [5, 5.41) is 9.03. The lowest BCUT2D eigenvalue weighted by Gasteiger charge is -2.07. The minimum atomic E-state index is 0.649. The summed E-state index contributed by atoms with van der Waals surface area (Å²) in [6.07, 6.45) is 2.73. The average molecular weight is 266 g/mol. The molecule has 0 saturated heterocycles. The Hall–Kier alpha value is -1.27. The Morgan fingerprint density at radius 2 is 2.33 bits per heavy atom. The van der Waals surface area contributed by atoms with E-state index >= 15 is 0 Å². The van der Waals surface area contributed by atoms with Crippen molar-refractivity contribution in [3.8, 4) is 11.8 Å². The zero-order valence-corrected chi connectivity index (χ0v) is 10.3. The quantitative estimate of drug-likeness (QED) is 0.780. The van der Waals surface area contributed by atoms with E-state index in [0.717, 1.165) is 22.2 Å². The van der Waals surface area contributed by atoms with E-state index in [9.17, 15) is 0 Å². The summed E-state index contributed by atoms with van der Waals surface area (Å²) in [4.78, 5) is 0. The van der Waals surface area contributed by atoms with Gasteiger partial charge in [-0.1, -0.05) is 28.9 Å². The molecule has 0 atom stereocenters. The molecule has 0 N–H and O–H groups in total. The van der Waals surface area contributed by atoms with Crippen LogP contribution in [0.3, 0.4) is 0 Å². The van der Waals surface area contributed by atoms with Gasteiger partial charge in [0, 0.05) is 10.0 Å². The molecular formula is C12H12BrNO. The summed E-state index contributed by atoms with van der Waals surface area (Å²) < 4.78 is 6.16. The average Bonchev–Trinajstić information content (AvgIpc) is 2.26. The molecule has 1 rings (SSSR count). The van der Waals surface area contributed by atoms with Crippen LogP contribution >= 0.6 is 15.9 Å². The third-order valence-corrected chi connectivity index (χ3v) is 2.47. The zero-order valence-electron chi connectivity index (χ0n) is 8.75. The van der Waals surface area contributed by atoms with Crippen molar-refractivity contribution in [1.29, 1.82) is 5.26 Å². The van der Waals surface area contributed by atoms with Crippen molar-refractivity contribution in [2.24, 2.45) is 0 Å². The highest BCUT2D eigenvalue weighted by Gasteiger charge is 2.07. The van der Waals surface area contributed by atoms with E-state index in [2.05, 4.69) is 22.0 Å². The standard InChI is InChI=1S/C12H12BrNO/c1-3-4-9(8-14)11-7-10(13)5-6-12(11)15-2/h4-7H,3H2,1-2H3/b9-4+. The monoisotopic (exact) mass is 265 g/mol. The lowest BCUT2D eigenvalue weighted by molar-refractivity contribution is 0.413. The maximum atomic E-state index is 9.03. The third-order valence-electron chi connectivity index (χ3n) is 1.98.